The number of nitrogens with zero attached hydrogens (tertiary/aromatic N) is 1. The molecule has 0 N–H and O–H groups in total. The summed E-state index contributed by atoms with van der Waals surface area (Å²) in [5.74, 6) is -1.70. The maximum Gasteiger partial charge on any atom is 0.433 e. The monoisotopic (exact) mass is 423 g/mol. The molecule has 29 heavy (non-hydrogen) atoms. The number of oxime groups is 1. The molecule has 4 heterocycles. The molecule has 0 bridgehead atoms. The fraction of sp³-hybridized carbons (Fsp3) is 0.833. The topological polar surface area (TPSA) is 77.0 Å². The van der Waals surface area contributed by atoms with Crippen molar-refractivity contribution < 1.29 is 46.4 Å². The molecule has 164 valence electrons. The van der Waals surface area contributed by atoms with Crippen LogP contribution in [0.1, 0.15) is 34.1 Å². The van der Waals surface area contributed by atoms with Gasteiger partial charge >= 0.3 is 6.18 Å². The summed E-state index contributed by atoms with van der Waals surface area (Å²) in [7, 11) is 0. The minimum atomic E-state index is -4.59. The molecule has 6 atom stereocenters. The van der Waals surface area contributed by atoms with Crippen molar-refractivity contribution in [2.75, 3.05) is 6.61 Å². The van der Waals surface area contributed by atoms with Crippen molar-refractivity contribution in [2.24, 2.45) is 5.16 Å². The molecule has 0 radical (unpaired) electrons. The first-order chi connectivity index (χ1) is 13.3. The summed E-state index contributed by atoms with van der Waals surface area (Å²) in [6.07, 6.45) is -9.52. The quantitative estimate of drug-likeness (QED) is 0.646. The van der Waals surface area contributed by atoms with Gasteiger partial charge in [0.2, 0.25) is 6.29 Å². The lowest BCUT2D eigenvalue weighted by molar-refractivity contribution is -0.252. The van der Waals surface area contributed by atoms with Crippen molar-refractivity contribution in [2.45, 2.75) is 88.9 Å². The maximum absolute atomic E-state index is 12.9. The minimum absolute atomic E-state index is 0.0941. The molecule has 8 nitrogen and oxygen atoms in total. The first-order valence-electron chi connectivity index (χ1n) is 9.30. The maximum atomic E-state index is 12.9. The molecule has 4 aliphatic rings. The predicted molar refractivity (Wildman–Crippen MR) is 90.6 cm³/mol. The molecule has 4 aliphatic heterocycles. The number of rotatable bonds is 3. The van der Waals surface area contributed by atoms with E-state index >= 15 is 0 Å². The molecular weight excluding hydrogens is 399 g/mol. The van der Waals surface area contributed by atoms with E-state index in [9.17, 15) is 13.2 Å². The standard InChI is InChI=1S/C18H24F3NO7/c1-8-6-10(18(19,20)21)22-29-14(8)25-12-11(9-7-23-16(2,3)26-9)24-15-13(12)27-17(4,5)28-15/h9,11-15H,1,6-7H2,2-5H3/t9-,11-,12+,13-,14+,15-/m1/s1. The lowest BCUT2D eigenvalue weighted by Crippen LogP contribution is -2.47. The van der Waals surface area contributed by atoms with E-state index in [1.165, 1.54) is 0 Å². The van der Waals surface area contributed by atoms with Gasteiger partial charge in [0.25, 0.3) is 0 Å². The Morgan fingerprint density at radius 3 is 2.38 bits per heavy atom. The largest absolute Gasteiger partial charge is 0.433 e. The molecule has 3 fully saturated rings. The summed E-state index contributed by atoms with van der Waals surface area (Å²) in [5, 5.41) is 3.17. The summed E-state index contributed by atoms with van der Waals surface area (Å²) >= 11 is 0. The lowest BCUT2D eigenvalue weighted by Gasteiger charge is -2.32. The molecule has 3 saturated heterocycles. The Labute approximate surface area is 165 Å². The van der Waals surface area contributed by atoms with E-state index in [1.807, 2.05) is 0 Å². The van der Waals surface area contributed by atoms with Crippen LogP contribution in [0.3, 0.4) is 0 Å². The number of alkyl halides is 3. The molecule has 11 heteroatoms. The molecule has 0 aliphatic carbocycles. The number of ether oxygens (including phenoxy) is 6. The van der Waals surface area contributed by atoms with E-state index < -0.39 is 66.9 Å². The van der Waals surface area contributed by atoms with Crippen LogP contribution in [-0.2, 0) is 33.3 Å². The van der Waals surface area contributed by atoms with Gasteiger partial charge in [-0.15, -0.1) is 0 Å². The van der Waals surface area contributed by atoms with Crippen LogP contribution in [0.25, 0.3) is 0 Å². The Morgan fingerprint density at radius 2 is 1.79 bits per heavy atom. The van der Waals surface area contributed by atoms with Crippen LogP contribution in [0.4, 0.5) is 13.2 Å². The van der Waals surface area contributed by atoms with E-state index in [2.05, 4.69) is 11.7 Å². The van der Waals surface area contributed by atoms with Gasteiger partial charge in [0.1, 0.15) is 24.4 Å². The summed E-state index contributed by atoms with van der Waals surface area (Å²) in [5.41, 5.74) is -0.966. The molecule has 0 aromatic carbocycles. The Kier molecular flexibility index (Phi) is 4.99. The van der Waals surface area contributed by atoms with Gasteiger partial charge in [-0.25, -0.2) is 0 Å². The Bertz CT molecular complexity index is 708. The molecule has 0 spiro atoms. The molecule has 4 rings (SSSR count). The van der Waals surface area contributed by atoms with Gasteiger partial charge in [-0.3, -0.25) is 0 Å². The summed E-state index contributed by atoms with van der Waals surface area (Å²) in [6, 6.07) is 0. The second-order valence-electron chi connectivity index (χ2n) is 8.35. The van der Waals surface area contributed by atoms with Crippen LogP contribution in [0.5, 0.6) is 0 Å². The summed E-state index contributed by atoms with van der Waals surface area (Å²) in [4.78, 5) is 4.97. The van der Waals surface area contributed by atoms with Crippen molar-refractivity contribution in [1.82, 2.24) is 0 Å². The third kappa shape index (κ3) is 4.17. The molecular formula is C18H24F3NO7. The van der Waals surface area contributed by atoms with Crippen LogP contribution in [0, 0.1) is 0 Å². The second kappa shape index (κ2) is 6.89. The van der Waals surface area contributed by atoms with Crippen LogP contribution < -0.4 is 0 Å². The van der Waals surface area contributed by atoms with Gasteiger partial charge in [0, 0.05) is 6.42 Å². The molecule has 0 aromatic rings. The van der Waals surface area contributed by atoms with Gasteiger partial charge in [-0.1, -0.05) is 11.7 Å². The van der Waals surface area contributed by atoms with E-state index in [0.29, 0.717) is 0 Å². The van der Waals surface area contributed by atoms with Crippen molar-refractivity contribution >= 4 is 5.71 Å². The molecule has 0 saturated carbocycles. The molecule has 0 unspecified atom stereocenters. The van der Waals surface area contributed by atoms with Gasteiger partial charge in [0.15, 0.2) is 23.6 Å². The number of halogens is 3. The van der Waals surface area contributed by atoms with E-state index in [-0.39, 0.29) is 12.2 Å². The zero-order valence-corrected chi connectivity index (χ0v) is 16.5. The van der Waals surface area contributed by atoms with E-state index in [0.717, 1.165) is 0 Å². The van der Waals surface area contributed by atoms with Crippen LogP contribution in [-0.4, -0.2) is 67.1 Å². The number of hydrogen-bond donors (Lipinski definition) is 0. The third-order valence-corrected chi connectivity index (χ3v) is 5.02. The van der Waals surface area contributed by atoms with Gasteiger partial charge in [0.05, 0.1) is 6.61 Å². The van der Waals surface area contributed by atoms with Crippen LogP contribution in [0.2, 0.25) is 0 Å². The van der Waals surface area contributed by atoms with Gasteiger partial charge < -0.3 is 33.3 Å². The van der Waals surface area contributed by atoms with Gasteiger partial charge in [-0.05, 0) is 33.3 Å². The van der Waals surface area contributed by atoms with Crippen molar-refractivity contribution in [3.8, 4) is 0 Å². The van der Waals surface area contributed by atoms with E-state index in [1.54, 1.807) is 27.7 Å². The fourth-order valence-corrected chi connectivity index (χ4v) is 3.77. The summed E-state index contributed by atoms with van der Waals surface area (Å²) in [6.45, 7) is 10.9. The Hall–Kier alpha value is -1.24. The highest BCUT2D eigenvalue weighted by Gasteiger charge is 2.60. The van der Waals surface area contributed by atoms with Crippen molar-refractivity contribution in [1.29, 1.82) is 0 Å². The SMILES string of the molecule is C=C1CC(C(F)(F)F)=NO[C@@H]1O[C@@H]1[C@H]2OC(C)(C)O[C@H]2O[C@@H]1[C@H]1COC(C)(C)O1. The van der Waals surface area contributed by atoms with Crippen LogP contribution >= 0.6 is 0 Å². The first-order valence-corrected chi connectivity index (χ1v) is 9.30. The normalized spacial score (nSPS) is 41.2. The minimum Gasteiger partial charge on any atom is -0.359 e. The van der Waals surface area contributed by atoms with Crippen molar-refractivity contribution in [3.63, 3.8) is 0 Å². The third-order valence-electron chi connectivity index (χ3n) is 5.02. The lowest BCUT2D eigenvalue weighted by atomic mass is 10.0. The Balaban J connectivity index is 1.52. The zero-order valence-electron chi connectivity index (χ0n) is 16.5. The molecule has 0 amide bonds. The first kappa shape index (κ1) is 21.0. The second-order valence-corrected chi connectivity index (χ2v) is 8.35. The van der Waals surface area contributed by atoms with E-state index in [4.69, 9.17) is 33.3 Å². The van der Waals surface area contributed by atoms with Crippen LogP contribution in [0.15, 0.2) is 17.3 Å². The van der Waals surface area contributed by atoms with Crippen molar-refractivity contribution in [3.05, 3.63) is 12.2 Å². The predicted octanol–water partition coefficient (Wildman–Crippen LogP) is 2.62. The highest BCUT2D eigenvalue weighted by atomic mass is 19.4. The fourth-order valence-electron chi connectivity index (χ4n) is 3.77. The number of hydrogen-bond acceptors (Lipinski definition) is 8. The average Bonchev–Trinajstić information content (AvgIpc) is 3.18. The number of fused-ring (bicyclic) bond motifs is 1. The zero-order chi connectivity index (χ0) is 21.2. The highest BCUT2D eigenvalue weighted by molar-refractivity contribution is 5.91. The summed E-state index contributed by atoms with van der Waals surface area (Å²) < 4.78 is 73.7. The smallest absolute Gasteiger partial charge is 0.359 e. The van der Waals surface area contributed by atoms with Gasteiger partial charge in [-0.2, -0.15) is 13.2 Å². The Morgan fingerprint density at radius 1 is 1.07 bits per heavy atom. The molecule has 0 aromatic heterocycles. The average molecular weight is 423 g/mol. The highest BCUT2D eigenvalue weighted by Crippen LogP contribution is 2.43.